The molecule has 2 aromatic rings. The van der Waals surface area contributed by atoms with Crippen molar-refractivity contribution in [1.29, 1.82) is 0 Å². The SMILES string of the molecule is CC[C@H](C)[C@H]1C(=O)Nc2ccccc2CN1C(=O)Nc1cn[nH]c1. The maximum absolute atomic E-state index is 12.8. The van der Waals surface area contributed by atoms with Crippen molar-refractivity contribution in [3.8, 4) is 0 Å². The first-order chi connectivity index (χ1) is 11.6. The summed E-state index contributed by atoms with van der Waals surface area (Å²) in [6.45, 7) is 4.37. The van der Waals surface area contributed by atoms with Crippen LogP contribution in [0.4, 0.5) is 16.2 Å². The van der Waals surface area contributed by atoms with Crippen LogP contribution in [-0.4, -0.2) is 33.1 Å². The minimum absolute atomic E-state index is 0.0365. The van der Waals surface area contributed by atoms with Crippen LogP contribution in [0.1, 0.15) is 25.8 Å². The number of para-hydroxylation sites is 1. The maximum atomic E-state index is 12.8. The summed E-state index contributed by atoms with van der Waals surface area (Å²) in [6, 6.07) is 6.72. The van der Waals surface area contributed by atoms with Crippen molar-refractivity contribution in [2.24, 2.45) is 5.92 Å². The Hall–Kier alpha value is -2.83. The third-order valence-corrected chi connectivity index (χ3v) is 4.41. The van der Waals surface area contributed by atoms with Gasteiger partial charge in [-0.05, 0) is 17.5 Å². The molecule has 0 spiro atoms. The number of aromatic amines is 1. The van der Waals surface area contributed by atoms with Crippen molar-refractivity contribution in [2.75, 3.05) is 10.6 Å². The number of amides is 3. The zero-order chi connectivity index (χ0) is 17.1. The summed E-state index contributed by atoms with van der Waals surface area (Å²) >= 11 is 0. The number of H-pyrrole nitrogens is 1. The molecule has 7 nitrogen and oxygen atoms in total. The standard InChI is InChI=1S/C17H21N5O2/c1-3-11(2)15-16(23)21-14-7-5-4-6-12(14)10-22(15)17(24)20-13-8-18-19-9-13/h4-9,11,15H,3,10H2,1-2H3,(H,18,19)(H,20,24)(H,21,23)/t11-,15-/m0/s1. The highest BCUT2D eigenvalue weighted by molar-refractivity contribution is 6.00. The molecule has 0 aliphatic carbocycles. The molecule has 1 aliphatic rings. The second-order valence-electron chi connectivity index (χ2n) is 6.02. The van der Waals surface area contributed by atoms with Crippen LogP contribution in [-0.2, 0) is 11.3 Å². The van der Waals surface area contributed by atoms with E-state index in [9.17, 15) is 9.59 Å². The van der Waals surface area contributed by atoms with E-state index in [0.717, 1.165) is 17.7 Å². The van der Waals surface area contributed by atoms with Gasteiger partial charge >= 0.3 is 6.03 Å². The predicted octanol–water partition coefficient (Wildman–Crippen LogP) is 2.81. The van der Waals surface area contributed by atoms with E-state index in [1.54, 1.807) is 11.1 Å². The molecule has 0 saturated heterocycles. The van der Waals surface area contributed by atoms with Crippen molar-refractivity contribution in [3.63, 3.8) is 0 Å². The molecule has 2 heterocycles. The molecule has 126 valence electrons. The third kappa shape index (κ3) is 3.10. The van der Waals surface area contributed by atoms with Crippen molar-refractivity contribution < 1.29 is 9.59 Å². The zero-order valence-electron chi connectivity index (χ0n) is 13.7. The molecular weight excluding hydrogens is 306 g/mol. The van der Waals surface area contributed by atoms with Crippen LogP contribution in [0, 0.1) is 5.92 Å². The minimum Gasteiger partial charge on any atom is -0.324 e. The Kier molecular flexibility index (Phi) is 4.50. The molecule has 0 saturated carbocycles. The minimum atomic E-state index is -0.533. The number of anilines is 2. The Bertz CT molecular complexity index is 728. The quantitative estimate of drug-likeness (QED) is 0.809. The molecule has 3 rings (SSSR count). The number of urea groups is 1. The van der Waals surface area contributed by atoms with Gasteiger partial charge in [0, 0.05) is 11.9 Å². The van der Waals surface area contributed by atoms with E-state index in [0.29, 0.717) is 12.2 Å². The number of nitrogens with zero attached hydrogens (tertiary/aromatic N) is 2. The van der Waals surface area contributed by atoms with Gasteiger partial charge in [0.25, 0.3) is 0 Å². The lowest BCUT2D eigenvalue weighted by Gasteiger charge is -2.32. The first-order valence-electron chi connectivity index (χ1n) is 8.05. The fraction of sp³-hybridized carbons (Fsp3) is 0.353. The molecule has 0 radical (unpaired) electrons. The van der Waals surface area contributed by atoms with Gasteiger partial charge in [-0.1, -0.05) is 38.5 Å². The fourth-order valence-electron chi connectivity index (χ4n) is 2.91. The highest BCUT2D eigenvalue weighted by Gasteiger charge is 2.36. The van der Waals surface area contributed by atoms with Crippen molar-refractivity contribution in [2.45, 2.75) is 32.9 Å². The molecule has 3 N–H and O–H groups in total. The molecule has 1 aliphatic heterocycles. The van der Waals surface area contributed by atoms with Gasteiger partial charge in [0.2, 0.25) is 5.91 Å². The molecule has 7 heteroatoms. The number of carbonyl (C=O) groups is 2. The highest BCUT2D eigenvalue weighted by atomic mass is 16.2. The molecule has 1 aromatic carbocycles. The van der Waals surface area contributed by atoms with Gasteiger partial charge in [-0.15, -0.1) is 0 Å². The van der Waals surface area contributed by atoms with Crippen LogP contribution >= 0.6 is 0 Å². The van der Waals surface area contributed by atoms with E-state index < -0.39 is 6.04 Å². The molecular formula is C17H21N5O2. The van der Waals surface area contributed by atoms with Crippen LogP contribution in [0.15, 0.2) is 36.7 Å². The van der Waals surface area contributed by atoms with Gasteiger partial charge in [-0.3, -0.25) is 9.89 Å². The first-order valence-corrected chi connectivity index (χ1v) is 8.05. The van der Waals surface area contributed by atoms with E-state index in [-0.39, 0.29) is 17.9 Å². The fourth-order valence-corrected chi connectivity index (χ4v) is 2.91. The molecule has 0 bridgehead atoms. The van der Waals surface area contributed by atoms with Crippen molar-refractivity contribution in [3.05, 3.63) is 42.2 Å². The second kappa shape index (κ2) is 6.74. The van der Waals surface area contributed by atoms with Crippen molar-refractivity contribution in [1.82, 2.24) is 15.1 Å². The average molecular weight is 327 g/mol. The summed E-state index contributed by atoms with van der Waals surface area (Å²) < 4.78 is 0. The third-order valence-electron chi connectivity index (χ3n) is 4.41. The van der Waals surface area contributed by atoms with E-state index in [1.165, 1.54) is 6.20 Å². The number of rotatable bonds is 3. The lowest BCUT2D eigenvalue weighted by molar-refractivity contribution is -0.121. The summed E-state index contributed by atoms with van der Waals surface area (Å²) in [4.78, 5) is 27.1. The molecule has 3 amide bonds. The Labute approximate surface area is 140 Å². The number of benzene rings is 1. The van der Waals surface area contributed by atoms with Crippen LogP contribution in [0.2, 0.25) is 0 Å². The van der Waals surface area contributed by atoms with Gasteiger partial charge in [0.05, 0.1) is 18.4 Å². The smallest absolute Gasteiger partial charge is 0.322 e. The molecule has 0 fully saturated rings. The van der Waals surface area contributed by atoms with Gasteiger partial charge in [0.15, 0.2) is 0 Å². The van der Waals surface area contributed by atoms with Crippen LogP contribution < -0.4 is 10.6 Å². The van der Waals surface area contributed by atoms with Crippen LogP contribution in [0.5, 0.6) is 0 Å². The lowest BCUT2D eigenvalue weighted by Crippen LogP contribution is -2.50. The summed E-state index contributed by atoms with van der Waals surface area (Å²) in [5.41, 5.74) is 2.24. The van der Waals surface area contributed by atoms with Gasteiger partial charge in [-0.2, -0.15) is 5.10 Å². The number of aromatic nitrogens is 2. The summed E-state index contributed by atoms with van der Waals surface area (Å²) in [5.74, 6) is -0.119. The summed E-state index contributed by atoms with van der Waals surface area (Å²) in [6.07, 6.45) is 3.92. The molecule has 0 unspecified atom stereocenters. The number of nitrogens with one attached hydrogen (secondary N) is 3. The van der Waals surface area contributed by atoms with Gasteiger partial charge < -0.3 is 15.5 Å². The second-order valence-corrected chi connectivity index (χ2v) is 6.02. The Morgan fingerprint density at radius 2 is 2.25 bits per heavy atom. The average Bonchev–Trinajstić information content (AvgIpc) is 3.02. The van der Waals surface area contributed by atoms with Crippen molar-refractivity contribution >= 4 is 23.3 Å². The van der Waals surface area contributed by atoms with Crippen LogP contribution in [0.25, 0.3) is 0 Å². The molecule has 24 heavy (non-hydrogen) atoms. The normalized spacial score (nSPS) is 18.3. The Balaban J connectivity index is 1.94. The Morgan fingerprint density at radius 1 is 1.46 bits per heavy atom. The van der Waals surface area contributed by atoms with E-state index in [2.05, 4.69) is 20.8 Å². The van der Waals surface area contributed by atoms with Gasteiger partial charge in [0.1, 0.15) is 6.04 Å². The van der Waals surface area contributed by atoms with Gasteiger partial charge in [-0.25, -0.2) is 4.79 Å². The molecule has 2 atom stereocenters. The van der Waals surface area contributed by atoms with E-state index in [1.807, 2.05) is 38.1 Å². The number of fused-ring (bicyclic) bond motifs is 1. The van der Waals surface area contributed by atoms with E-state index >= 15 is 0 Å². The Morgan fingerprint density at radius 3 is 2.96 bits per heavy atom. The highest BCUT2D eigenvalue weighted by Crippen LogP contribution is 2.27. The summed E-state index contributed by atoms with van der Waals surface area (Å²) in [5, 5.41) is 12.2. The zero-order valence-corrected chi connectivity index (χ0v) is 13.7. The number of hydrogen-bond acceptors (Lipinski definition) is 3. The largest absolute Gasteiger partial charge is 0.324 e. The molecule has 1 aromatic heterocycles. The maximum Gasteiger partial charge on any atom is 0.322 e. The predicted molar refractivity (Wildman–Crippen MR) is 91.5 cm³/mol. The number of carbonyl (C=O) groups excluding carboxylic acids is 2. The number of hydrogen-bond donors (Lipinski definition) is 3. The summed E-state index contributed by atoms with van der Waals surface area (Å²) in [7, 11) is 0. The first kappa shape index (κ1) is 16.0. The lowest BCUT2D eigenvalue weighted by atomic mass is 9.97. The topological polar surface area (TPSA) is 90.1 Å². The van der Waals surface area contributed by atoms with E-state index in [4.69, 9.17) is 0 Å². The van der Waals surface area contributed by atoms with Crippen LogP contribution in [0.3, 0.4) is 0 Å². The monoisotopic (exact) mass is 327 g/mol.